The molecule has 6 nitrogen and oxygen atoms in total. The minimum Gasteiger partial charge on any atom is -0.399 e. The van der Waals surface area contributed by atoms with Gasteiger partial charge in [0.05, 0.1) is 22.8 Å². The minimum atomic E-state index is -0.534. The Morgan fingerprint density at radius 2 is 1.57 bits per heavy atom. The van der Waals surface area contributed by atoms with Gasteiger partial charge in [0.15, 0.2) is 0 Å². The zero-order valence-electron chi connectivity index (χ0n) is 20.4. The molecule has 0 amide bonds. The Labute approximate surface area is 205 Å². The minimum absolute atomic E-state index is 0.228. The first-order valence-corrected chi connectivity index (χ1v) is 11.9. The van der Waals surface area contributed by atoms with Crippen LogP contribution in [-0.4, -0.2) is 34.8 Å². The Balaban J connectivity index is 1.65. The highest BCUT2D eigenvalue weighted by Crippen LogP contribution is 2.40. The highest BCUT2D eigenvalue weighted by molar-refractivity contribution is 6.62. The summed E-state index contributed by atoms with van der Waals surface area (Å²) in [7, 11) is -0.534. The molecule has 4 aromatic rings. The summed E-state index contributed by atoms with van der Waals surface area (Å²) in [5, 5.41) is 12.9. The fraction of sp³-hybridized carbons (Fsp3) is 0.286. The van der Waals surface area contributed by atoms with Crippen molar-refractivity contribution in [1.82, 2.24) is 4.98 Å². The van der Waals surface area contributed by atoms with Crippen LogP contribution in [0.4, 0.5) is 0 Å². The van der Waals surface area contributed by atoms with E-state index in [1.807, 2.05) is 107 Å². The van der Waals surface area contributed by atoms with Crippen molar-refractivity contribution in [3.63, 3.8) is 0 Å². The monoisotopic (exact) mass is 468 g/mol. The molecule has 0 spiro atoms. The number of aromatic nitrogens is 1. The molecule has 0 aliphatic carbocycles. The van der Waals surface area contributed by atoms with Gasteiger partial charge in [-0.2, -0.15) is 0 Å². The molecule has 0 bridgehead atoms. The summed E-state index contributed by atoms with van der Waals surface area (Å²) < 4.78 is 12.5. The van der Waals surface area contributed by atoms with Crippen LogP contribution in [0.1, 0.15) is 44.7 Å². The molecule has 0 saturated carbocycles. The van der Waals surface area contributed by atoms with Gasteiger partial charge in [-0.05, 0) is 55.9 Å². The molecule has 178 valence electrons. The SMILES string of the molecule is CC1(C)OB(c2cccc(C(C[N+](=O)[O-])c3c(-c4ccccc4)[nH]c4ccccc34)c2)OC1(C)C. The Morgan fingerprint density at radius 1 is 0.914 bits per heavy atom. The van der Waals surface area contributed by atoms with Crippen LogP contribution in [0.2, 0.25) is 0 Å². The van der Waals surface area contributed by atoms with E-state index >= 15 is 0 Å². The molecule has 1 unspecified atom stereocenters. The molecule has 1 saturated heterocycles. The number of hydrogen-bond donors (Lipinski definition) is 1. The smallest absolute Gasteiger partial charge is 0.399 e. The lowest BCUT2D eigenvalue weighted by Crippen LogP contribution is -2.41. The molecule has 3 aromatic carbocycles. The van der Waals surface area contributed by atoms with Crippen LogP contribution in [0, 0.1) is 10.1 Å². The first-order chi connectivity index (χ1) is 16.7. The van der Waals surface area contributed by atoms with Crippen LogP contribution in [0.5, 0.6) is 0 Å². The van der Waals surface area contributed by atoms with Crippen LogP contribution in [0.15, 0.2) is 78.9 Å². The highest BCUT2D eigenvalue weighted by Gasteiger charge is 2.51. The van der Waals surface area contributed by atoms with E-state index in [-0.39, 0.29) is 11.5 Å². The summed E-state index contributed by atoms with van der Waals surface area (Å²) in [6, 6.07) is 25.8. The van der Waals surface area contributed by atoms with Crippen molar-refractivity contribution < 1.29 is 14.2 Å². The summed E-state index contributed by atoms with van der Waals surface area (Å²) in [5.41, 5.74) is 4.56. The number of rotatable bonds is 6. The van der Waals surface area contributed by atoms with E-state index in [2.05, 4.69) is 4.98 Å². The van der Waals surface area contributed by atoms with Crippen LogP contribution >= 0.6 is 0 Å². The third-order valence-electron chi connectivity index (χ3n) is 7.33. The number of nitrogens with one attached hydrogen (secondary N) is 1. The third kappa shape index (κ3) is 4.26. The Hall–Kier alpha value is -3.42. The van der Waals surface area contributed by atoms with Crippen LogP contribution in [0.3, 0.4) is 0 Å². The van der Waals surface area contributed by atoms with Crippen molar-refractivity contribution in [1.29, 1.82) is 0 Å². The van der Waals surface area contributed by atoms with Gasteiger partial charge in [0.2, 0.25) is 6.54 Å². The fourth-order valence-corrected chi connectivity index (χ4v) is 4.77. The zero-order valence-corrected chi connectivity index (χ0v) is 20.4. The molecule has 0 radical (unpaired) electrons. The van der Waals surface area contributed by atoms with Gasteiger partial charge in [0.25, 0.3) is 0 Å². The molecule has 1 atom stereocenters. The standard InChI is InChI=1S/C28H29BN2O4/c1-27(2)28(3,4)35-29(34-27)21-14-10-13-20(17-21)23(18-31(32)33)25-22-15-8-9-16-24(22)30-26(25)19-11-6-5-7-12-19/h5-17,23,30H,18H2,1-4H3. The average molecular weight is 468 g/mol. The molecule has 1 aromatic heterocycles. The summed E-state index contributed by atoms with van der Waals surface area (Å²) in [4.78, 5) is 15.2. The van der Waals surface area contributed by atoms with Crippen molar-refractivity contribution >= 4 is 23.5 Å². The zero-order chi connectivity index (χ0) is 24.8. The van der Waals surface area contributed by atoms with E-state index in [4.69, 9.17) is 9.31 Å². The number of para-hydroxylation sites is 1. The maximum absolute atomic E-state index is 11.9. The summed E-state index contributed by atoms with van der Waals surface area (Å²) >= 11 is 0. The van der Waals surface area contributed by atoms with E-state index in [1.54, 1.807) is 0 Å². The quantitative estimate of drug-likeness (QED) is 0.229. The van der Waals surface area contributed by atoms with Gasteiger partial charge in [0.1, 0.15) is 0 Å². The number of aromatic amines is 1. The van der Waals surface area contributed by atoms with Crippen LogP contribution in [-0.2, 0) is 9.31 Å². The lowest BCUT2D eigenvalue weighted by Gasteiger charge is -2.32. The van der Waals surface area contributed by atoms with E-state index in [9.17, 15) is 10.1 Å². The molecule has 1 fully saturated rings. The van der Waals surface area contributed by atoms with Gasteiger partial charge in [-0.3, -0.25) is 10.1 Å². The van der Waals surface area contributed by atoms with E-state index in [0.29, 0.717) is 0 Å². The Bertz CT molecular complexity index is 1360. The predicted molar refractivity (Wildman–Crippen MR) is 140 cm³/mol. The first-order valence-electron chi connectivity index (χ1n) is 11.9. The number of benzene rings is 3. The van der Waals surface area contributed by atoms with E-state index in [0.717, 1.165) is 38.8 Å². The lowest BCUT2D eigenvalue weighted by molar-refractivity contribution is -0.481. The average Bonchev–Trinajstić information content (AvgIpc) is 3.31. The van der Waals surface area contributed by atoms with Crippen molar-refractivity contribution in [3.8, 4) is 11.3 Å². The third-order valence-corrected chi connectivity index (χ3v) is 7.33. The first kappa shape index (κ1) is 23.3. The molecule has 7 heteroatoms. The second kappa shape index (κ2) is 8.66. The number of fused-ring (bicyclic) bond motifs is 1. The molecule has 1 aliphatic rings. The highest BCUT2D eigenvalue weighted by atomic mass is 16.7. The largest absolute Gasteiger partial charge is 0.494 e. The van der Waals surface area contributed by atoms with Gasteiger partial charge in [-0.25, -0.2) is 0 Å². The van der Waals surface area contributed by atoms with Gasteiger partial charge < -0.3 is 14.3 Å². The second-order valence-corrected chi connectivity index (χ2v) is 10.2. The van der Waals surface area contributed by atoms with Crippen molar-refractivity contribution in [2.75, 3.05) is 6.54 Å². The molecular formula is C28H29BN2O4. The van der Waals surface area contributed by atoms with Gasteiger partial charge in [-0.15, -0.1) is 0 Å². The number of nitro groups is 1. The summed E-state index contributed by atoms with van der Waals surface area (Å²) in [5.74, 6) is -0.460. The second-order valence-electron chi connectivity index (χ2n) is 10.2. The predicted octanol–water partition coefficient (Wildman–Crippen LogP) is 5.54. The fourth-order valence-electron chi connectivity index (χ4n) is 4.77. The summed E-state index contributed by atoms with van der Waals surface area (Å²) in [6.07, 6.45) is 0. The summed E-state index contributed by atoms with van der Waals surface area (Å²) in [6.45, 7) is 7.85. The van der Waals surface area contributed by atoms with Crippen molar-refractivity contribution in [2.24, 2.45) is 0 Å². The topological polar surface area (TPSA) is 77.4 Å². The maximum Gasteiger partial charge on any atom is 0.494 e. The van der Waals surface area contributed by atoms with Gasteiger partial charge >= 0.3 is 7.12 Å². The molecule has 5 rings (SSSR count). The maximum atomic E-state index is 11.9. The number of hydrogen-bond acceptors (Lipinski definition) is 4. The molecule has 35 heavy (non-hydrogen) atoms. The van der Waals surface area contributed by atoms with Crippen LogP contribution < -0.4 is 5.46 Å². The normalized spacial score (nSPS) is 17.5. The Morgan fingerprint density at radius 3 is 2.26 bits per heavy atom. The number of H-pyrrole nitrogens is 1. The molecular weight excluding hydrogens is 439 g/mol. The van der Waals surface area contributed by atoms with Crippen LogP contribution in [0.25, 0.3) is 22.2 Å². The lowest BCUT2D eigenvalue weighted by atomic mass is 9.76. The molecule has 1 N–H and O–H groups in total. The Kier molecular flexibility index (Phi) is 5.78. The number of nitrogens with zero attached hydrogens (tertiary/aromatic N) is 1. The van der Waals surface area contributed by atoms with Gasteiger partial charge in [-0.1, -0.05) is 72.8 Å². The van der Waals surface area contributed by atoms with E-state index in [1.165, 1.54) is 0 Å². The molecule has 2 heterocycles. The van der Waals surface area contributed by atoms with Gasteiger partial charge in [0, 0.05) is 15.8 Å². The van der Waals surface area contributed by atoms with Crippen molar-refractivity contribution in [3.05, 3.63) is 100 Å². The molecule has 1 aliphatic heterocycles. The van der Waals surface area contributed by atoms with E-state index < -0.39 is 24.2 Å². The van der Waals surface area contributed by atoms with Crippen molar-refractivity contribution in [2.45, 2.75) is 44.8 Å².